The van der Waals surface area contributed by atoms with Crippen LogP contribution >= 0.6 is 11.3 Å². The number of rotatable bonds is 9. The Morgan fingerprint density at radius 3 is 2.62 bits per heavy atom. The molecule has 6 nitrogen and oxygen atoms in total. The van der Waals surface area contributed by atoms with Gasteiger partial charge in [0.1, 0.15) is 22.9 Å². The van der Waals surface area contributed by atoms with Gasteiger partial charge in [0.2, 0.25) is 0 Å². The summed E-state index contributed by atoms with van der Waals surface area (Å²) in [5, 5.41) is 0. The second-order valence-corrected chi connectivity index (χ2v) is 11.1. The molecule has 204 valence electrons. The first kappa shape index (κ1) is 27.4. The molecule has 8 heteroatoms. The van der Waals surface area contributed by atoms with Crippen LogP contribution in [0.1, 0.15) is 48.5 Å². The van der Waals surface area contributed by atoms with E-state index in [4.69, 9.17) is 10.7 Å². The normalized spacial score (nSPS) is 14.9. The van der Waals surface area contributed by atoms with Gasteiger partial charge in [-0.2, -0.15) is 0 Å². The van der Waals surface area contributed by atoms with Gasteiger partial charge >= 0.3 is 0 Å². The number of nitrogens with one attached hydrogen (secondary N) is 1. The van der Waals surface area contributed by atoms with Crippen molar-refractivity contribution in [1.29, 1.82) is 0 Å². The number of pyridine rings is 2. The van der Waals surface area contributed by atoms with Gasteiger partial charge in [0.05, 0.1) is 10.4 Å². The maximum atomic E-state index is 16.2. The highest BCUT2D eigenvalue weighted by atomic mass is 32.1. The number of hydrogen-bond acceptors (Lipinski definition) is 6. The third-order valence-electron chi connectivity index (χ3n) is 7.08. The Morgan fingerprint density at radius 2 is 1.93 bits per heavy atom. The van der Waals surface area contributed by atoms with Crippen molar-refractivity contribution in [2.45, 2.75) is 33.2 Å². The summed E-state index contributed by atoms with van der Waals surface area (Å²) < 4.78 is 16.2. The molecule has 0 bridgehead atoms. The van der Waals surface area contributed by atoms with Crippen LogP contribution in [-0.2, 0) is 6.54 Å². The number of halogens is 1. The summed E-state index contributed by atoms with van der Waals surface area (Å²) in [6.07, 6.45) is 9.23. The number of thiophene rings is 1. The van der Waals surface area contributed by atoms with E-state index in [9.17, 15) is 0 Å². The number of aromatic amines is 1. The van der Waals surface area contributed by atoms with Crippen molar-refractivity contribution in [3.8, 4) is 10.6 Å². The molecule has 1 aliphatic heterocycles. The van der Waals surface area contributed by atoms with E-state index in [0.29, 0.717) is 22.5 Å². The van der Waals surface area contributed by atoms with Crippen LogP contribution in [0, 0.1) is 0 Å². The van der Waals surface area contributed by atoms with E-state index in [1.165, 1.54) is 12.8 Å². The lowest BCUT2D eigenvalue weighted by molar-refractivity contribution is 0.331. The fourth-order valence-corrected chi connectivity index (χ4v) is 5.79. The van der Waals surface area contributed by atoms with Crippen molar-refractivity contribution >= 4 is 39.1 Å². The van der Waals surface area contributed by atoms with Crippen molar-refractivity contribution in [1.82, 2.24) is 24.8 Å². The fraction of sp³-hybridized carbons (Fsp3) is 0.219. The molecule has 0 amide bonds. The summed E-state index contributed by atoms with van der Waals surface area (Å²) >= 11 is 1.60. The molecule has 5 heterocycles. The van der Waals surface area contributed by atoms with Crippen LogP contribution in [0.25, 0.3) is 38.3 Å². The molecule has 1 aliphatic rings. The molecule has 0 saturated carbocycles. The molecule has 1 fully saturated rings. The summed E-state index contributed by atoms with van der Waals surface area (Å²) in [7, 11) is 0. The third-order valence-corrected chi connectivity index (χ3v) is 8.33. The Bertz CT molecular complexity index is 1680. The van der Waals surface area contributed by atoms with Crippen LogP contribution in [0.5, 0.6) is 0 Å². The van der Waals surface area contributed by atoms with Gasteiger partial charge in [-0.15, -0.1) is 11.3 Å². The molecule has 4 aromatic heterocycles. The molecule has 4 aromatic rings. The largest absolute Gasteiger partial charge is 0.398 e. The standard InChI is InChI=1S/C32H33FN6S/c1-6-24(34)28(29(33)20(4)23-15-22(16-35-17-23)18-39-13-7-8-14-39)21(5)32-37-25-11-12-36-31(30(25)38-32)27-10-9-26(40-27)19(2)3/h6,9-12,15-17H,2,4-5,7-8,13-14,18,34H2,1,3H3,(H,37,38)/b24-6+,29-28+. The van der Waals surface area contributed by atoms with Gasteiger partial charge in [-0.25, -0.2) is 9.37 Å². The molecule has 0 aliphatic carbocycles. The van der Waals surface area contributed by atoms with Gasteiger partial charge in [-0.1, -0.05) is 25.8 Å². The number of H-pyrrole nitrogens is 1. The second kappa shape index (κ2) is 11.5. The van der Waals surface area contributed by atoms with E-state index in [1.54, 1.807) is 36.7 Å². The lowest BCUT2D eigenvalue weighted by Crippen LogP contribution is -2.18. The summed E-state index contributed by atoms with van der Waals surface area (Å²) in [4.78, 5) is 21.5. The third kappa shape index (κ3) is 5.46. The van der Waals surface area contributed by atoms with Crippen LogP contribution in [0.15, 0.2) is 85.8 Å². The Labute approximate surface area is 238 Å². The zero-order valence-electron chi connectivity index (χ0n) is 22.9. The first-order chi connectivity index (χ1) is 19.3. The topological polar surface area (TPSA) is 83.7 Å². The van der Waals surface area contributed by atoms with Gasteiger partial charge in [0.25, 0.3) is 0 Å². The molecule has 0 unspecified atom stereocenters. The van der Waals surface area contributed by atoms with Crippen LogP contribution in [0.2, 0.25) is 0 Å². The Balaban J connectivity index is 1.51. The number of aromatic nitrogens is 4. The number of likely N-dealkylation sites (tertiary alicyclic amines) is 1. The number of nitrogens with two attached hydrogens (primary N) is 1. The van der Waals surface area contributed by atoms with Crippen LogP contribution in [0.4, 0.5) is 4.39 Å². The summed E-state index contributed by atoms with van der Waals surface area (Å²) in [5.41, 5.74) is 12.0. The van der Waals surface area contributed by atoms with E-state index in [2.05, 4.69) is 39.6 Å². The van der Waals surface area contributed by atoms with E-state index in [1.807, 2.05) is 37.4 Å². The second-order valence-electron chi connectivity index (χ2n) is 10.0. The molecule has 3 N–H and O–H groups in total. The predicted octanol–water partition coefficient (Wildman–Crippen LogP) is 7.52. The summed E-state index contributed by atoms with van der Waals surface area (Å²) in [6.45, 7) is 18.9. The molecule has 0 radical (unpaired) electrons. The molecule has 0 atom stereocenters. The minimum Gasteiger partial charge on any atom is -0.398 e. The van der Waals surface area contributed by atoms with Crippen molar-refractivity contribution in [2.24, 2.45) is 5.73 Å². The monoisotopic (exact) mass is 552 g/mol. The first-order valence-corrected chi connectivity index (χ1v) is 14.1. The highest BCUT2D eigenvalue weighted by Crippen LogP contribution is 2.37. The molecule has 0 aromatic carbocycles. The number of imidazole rings is 1. The molecular formula is C32H33FN6S. The number of nitrogens with zero attached hydrogens (tertiary/aromatic N) is 4. The average Bonchev–Trinajstić information content (AvgIpc) is 3.73. The zero-order valence-corrected chi connectivity index (χ0v) is 23.7. The molecule has 1 saturated heterocycles. The highest BCUT2D eigenvalue weighted by Gasteiger charge is 2.22. The fourth-order valence-electron chi connectivity index (χ4n) is 4.86. The lowest BCUT2D eigenvalue weighted by atomic mass is 9.96. The smallest absolute Gasteiger partial charge is 0.140 e. The molecule has 0 spiro atoms. The van der Waals surface area contributed by atoms with Gasteiger partial charge in [-0.05, 0) is 75.2 Å². The van der Waals surface area contributed by atoms with E-state index >= 15 is 4.39 Å². The number of allylic oxidation sites excluding steroid dienone is 5. The first-order valence-electron chi connectivity index (χ1n) is 13.2. The maximum Gasteiger partial charge on any atom is 0.140 e. The van der Waals surface area contributed by atoms with Crippen LogP contribution in [0.3, 0.4) is 0 Å². The zero-order chi connectivity index (χ0) is 28.4. The number of fused-ring (bicyclic) bond motifs is 1. The Morgan fingerprint density at radius 1 is 1.15 bits per heavy atom. The van der Waals surface area contributed by atoms with Gasteiger partial charge < -0.3 is 10.7 Å². The quantitative estimate of drug-likeness (QED) is 0.210. The van der Waals surface area contributed by atoms with Gasteiger partial charge in [0, 0.05) is 58.0 Å². The molecule has 40 heavy (non-hydrogen) atoms. The average molecular weight is 553 g/mol. The highest BCUT2D eigenvalue weighted by molar-refractivity contribution is 7.16. The SMILES string of the molecule is C=C(/C(F)=C(C(=C)c1nc2c(-c3ccc(C(=C)C)s3)nccc2[nH]1)\C(N)=C/C)c1cncc(CN2CCCC2)c1. The van der Waals surface area contributed by atoms with E-state index in [-0.39, 0.29) is 16.8 Å². The van der Waals surface area contributed by atoms with Crippen LogP contribution < -0.4 is 5.73 Å². The summed E-state index contributed by atoms with van der Waals surface area (Å²) in [6, 6.07) is 7.82. The van der Waals surface area contributed by atoms with Crippen molar-refractivity contribution in [3.63, 3.8) is 0 Å². The number of hydrogen-bond donors (Lipinski definition) is 2. The van der Waals surface area contributed by atoms with Crippen LogP contribution in [-0.4, -0.2) is 37.9 Å². The molecule has 5 rings (SSSR count). The Kier molecular flexibility index (Phi) is 7.91. The lowest BCUT2D eigenvalue weighted by Gasteiger charge is -2.16. The predicted molar refractivity (Wildman–Crippen MR) is 165 cm³/mol. The minimum atomic E-state index is -0.566. The van der Waals surface area contributed by atoms with E-state index in [0.717, 1.165) is 51.7 Å². The summed E-state index contributed by atoms with van der Waals surface area (Å²) in [5.74, 6) is -0.159. The van der Waals surface area contributed by atoms with Gasteiger partial charge in [0.15, 0.2) is 0 Å². The maximum absolute atomic E-state index is 16.2. The van der Waals surface area contributed by atoms with Gasteiger partial charge in [-0.3, -0.25) is 14.9 Å². The molecular weight excluding hydrogens is 519 g/mol. The van der Waals surface area contributed by atoms with Crippen molar-refractivity contribution < 1.29 is 4.39 Å². The van der Waals surface area contributed by atoms with E-state index < -0.39 is 5.83 Å². The Hall–Kier alpha value is -4.14. The van der Waals surface area contributed by atoms with Crippen molar-refractivity contribution in [3.05, 3.63) is 108 Å². The van der Waals surface area contributed by atoms with Crippen molar-refractivity contribution in [2.75, 3.05) is 13.1 Å². The minimum absolute atomic E-state index is 0.145.